The topological polar surface area (TPSA) is 65.8 Å². The van der Waals surface area contributed by atoms with Crippen LogP contribution in [-0.4, -0.2) is 50.3 Å². The molecule has 3 heterocycles. The van der Waals surface area contributed by atoms with Gasteiger partial charge in [-0.05, 0) is 42.7 Å². The predicted molar refractivity (Wildman–Crippen MR) is 106 cm³/mol. The highest BCUT2D eigenvalue weighted by Crippen LogP contribution is 2.27. The Bertz CT molecular complexity index is 899. The Balaban J connectivity index is 0.00000225. The zero-order valence-electron chi connectivity index (χ0n) is 15.5. The van der Waals surface area contributed by atoms with E-state index in [1.54, 1.807) is 24.3 Å². The number of sulfonamides is 1. The second kappa shape index (κ2) is 8.92. The fourth-order valence-corrected chi connectivity index (χ4v) is 5.26. The van der Waals surface area contributed by atoms with Gasteiger partial charge in [0.25, 0.3) is 10.0 Å². The SMILES string of the molecule is Cl.O=S(=O)(c1ccc(CN2CCNCC2c2cccc(F)c2)o1)N1CCCC1. The number of furan rings is 1. The predicted octanol–water partition coefficient (Wildman–Crippen LogP) is 2.77. The number of halogens is 2. The van der Waals surface area contributed by atoms with Crippen LogP contribution in [0.5, 0.6) is 0 Å². The Morgan fingerprint density at radius 2 is 1.93 bits per heavy atom. The average molecular weight is 430 g/mol. The van der Waals surface area contributed by atoms with Crippen molar-refractivity contribution in [1.29, 1.82) is 0 Å². The molecule has 0 amide bonds. The Morgan fingerprint density at radius 1 is 1.14 bits per heavy atom. The third-order valence-corrected chi connectivity index (χ3v) is 7.02. The second-order valence-corrected chi connectivity index (χ2v) is 8.95. The summed E-state index contributed by atoms with van der Waals surface area (Å²) in [7, 11) is -3.54. The molecule has 0 bridgehead atoms. The average Bonchev–Trinajstić information content (AvgIpc) is 3.35. The van der Waals surface area contributed by atoms with E-state index in [2.05, 4.69) is 10.2 Å². The molecule has 2 aliphatic rings. The molecule has 6 nitrogen and oxygen atoms in total. The number of hydrogen-bond donors (Lipinski definition) is 1. The molecule has 1 atom stereocenters. The number of nitrogens with one attached hydrogen (secondary N) is 1. The zero-order valence-corrected chi connectivity index (χ0v) is 17.1. The van der Waals surface area contributed by atoms with E-state index in [0.717, 1.165) is 31.5 Å². The number of hydrogen-bond acceptors (Lipinski definition) is 5. The van der Waals surface area contributed by atoms with Crippen LogP contribution in [0.3, 0.4) is 0 Å². The molecule has 1 N–H and O–H groups in total. The number of rotatable bonds is 5. The van der Waals surface area contributed by atoms with Crippen molar-refractivity contribution in [3.63, 3.8) is 0 Å². The Morgan fingerprint density at radius 3 is 2.68 bits per heavy atom. The molecule has 0 radical (unpaired) electrons. The Labute approximate surface area is 171 Å². The largest absolute Gasteiger partial charge is 0.447 e. The summed E-state index contributed by atoms with van der Waals surface area (Å²) in [6.45, 7) is 3.90. The fourth-order valence-electron chi connectivity index (χ4n) is 3.82. The minimum absolute atomic E-state index is 0. The van der Waals surface area contributed by atoms with Gasteiger partial charge in [-0.15, -0.1) is 12.4 Å². The van der Waals surface area contributed by atoms with Gasteiger partial charge >= 0.3 is 0 Å². The lowest BCUT2D eigenvalue weighted by atomic mass is 10.0. The lowest BCUT2D eigenvalue weighted by Gasteiger charge is -2.36. The zero-order chi connectivity index (χ0) is 18.9. The van der Waals surface area contributed by atoms with Crippen LogP contribution < -0.4 is 5.32 Å². The molecule has 28 heavy (non-hydrogen) atoms. The first kappa shape index (κ1) is 21.3. The quantitative estimate of drug-likeness (QED) is 0.791. The number of benzene rings is 1. The van der Waals surface area contributed by atoms with Crippen molar-refractivity contribution >= 4 is 22.4 Å². The third kappa shape index (κ3) is 4.41. The summed E-state index contributed by atoms with van der Waals surface area (Å²) < 4.78 is 46.1. The van der Waals surface area contributed by atoms with Crippen molar-refractivity contribution in [3.05, 3.63) is 53.5 Å². The van der Waals surface area contributed by atoms with E-state index in [0.29, 0.717) is 31.9 Å². The van der Waals surface area contributed by atoms with Crippen molar-refractivity contribution in [2.24, 2.45) is 0 Å². The molecular formula is C19H25ClFN3O3S. The van der Waals surface area contributed by atoms with Crippen molar-refractivity contribution in [1.82, 2.24) is 14.5 Å². The summed E-state index contributed by atoms with van der Waals surface area (Å²) in [6.07, 6.45) is 1.78. The van der Waals surface area contributed by atoms with Crippen molar-refractivity contribution in [2.75, 3.05) is 32.7 Å². The van der Waals surface area contributed by atoms with Crippen molar-refractivity contribution < 1.29 is 17.2 Å². The van der Waals surface area contributed by atoms with Gasteiger partial charge in [0, 0.05) is 38.8 Å². The van der Waals surface area contributed by atoms with E-state index < -0.39 is 10.0 Å². The van der Waals surface area contributed by atoms with Gasteiger partial charge in [0.05, 0.1) is 6.54 Å². The van der Waals surface area contributed by atoms with E-state index in [9.17, 15) is 12.8 Å². The molecule has 2 aromatic rings. The first-order valence-corrected chi connectivity index (χ1v) is 10.8. The summed E-state index contributed by atoms with van der Waals surface area (Å²) in [5.74, 6) is 0.353. The van der Waals surface area contributed by atoms with Gasteiger partial charge in [-0.1, -0.05) is 12.1 Å². The second-order valence-electron chi connectivity index (χ2n) is 7.08. The molecule has 0 spiro atoms. The molecular weight excluding hydrogens is 405 g/mol. The molecule has 9 heteroatoms. The highest BCUT2D eigenvalue weighted by atomic mass is 35.5. The van der Waals surface area contributed by atoms with Gasteiger partial charge in [0.1, 0.15) is 11.6 Å². The smallest absolute Gasteiger partial charge is 0.276 e. The molecule has 2 saturated heterocycles. The molecule has 2 aliphatic heterocycles. The van der Waals surface area contributed by atoms with E-state index in [1.807, 2.05) is 6.07 Å². The fraction of sp³-hybridized carbons (Fsp3) is 0.474. The first-order valence-electron chi connectivity index (χ1n) is 9.33. The highest BCUT2D eigenvalue weighted by molar-refractivity contribution is 7.89. The highest BCUT2D eigenvalue weighted by Gasteiger charge is 2.31. The van der Waals surface area contributed by atoms with E-state index in [4.69, 9.17) is 4.42 Å². The summed E-state index contributed by atoms with van der Waals surface area (Å²) in [5, 5.41) is 3.35. The van der Waals surface area contributed by atoms with Crippen LogP contribution in [0.1, 0.15) is 30.2 Å². The third-order valence-electron chi connectivity index (χ3n) is 5.24. The molecule has 0 aliphatic carbocycles. The summed E-state index contributed by atoms with van der Waals surface area (Å²) in [6, 6.07) is 9.90. The molecule has 4 rings (SSSR count). The van der Waals surface area contributed by atoms with Gasteiger partial charge in [0.15, 0.2) is 0 Å². The normalized spacial score (nSPS) is 21.5. The van der Waals surface area contributed by atoms with Crippen LogP contribution in [0.2, 0.25) is 0 Å². The van der Waals surface area contributed by atoms with Crippen LogP contribution in [0.25, 0.3) is 0 Å². The maximum absolute atomic E-state index is 13.6. The first-order chi connectivity index (χ1) is 13.0. The molecule has 154 valence electrons. The van der Waals surface area contributed by atoms with Gasteiger partial charge in [-0.25, -0.2) is 12.8 Å². The lowest BCUT2D eigenvalue weighted by molar-refractivity contribution is 0.140. The van der Waals surface area contributed by atoms with Gasteiger partial charge in [0.2, 0.25) is 5.09 Å². The monoisotopic (exact) mass is 429 g/mol. The van der Waals surface area contributed by atoms with E-state index >= 15 is 0 Å². The van der Waals surface area contributed by atoms with Crippen LogP contribution >= 0.6 is 12.4 Å². The summed E-state index contributed by atoms with van der Waals surface area (Å²) in [4.78, 5) is 2.19. The molecule has 1 unspecified atom stereocenters. The van der Waals surface area contributed by atoms with Gasteiger partial charge in [-0.3, -0.25) is 4.90 Å². The maximum Gasteiger partial charge on any atom is 0.276 e. The summed E-state index contributed by atoms with van der Waals surface area (Å²) >= 11 is 0. The molecule has 0 saturated carbocycles. The van der Waals surface area contributed by atoms with Crippen LogP contribution in [0.15, 0.2) is 45.9 Å². The minimum atomic E-state index is -3.54. The van der Waals surface area contributed by atoms with Crippen molar-refractivity contribution in [2.45, 2.75) is 30.5 Å². The minimum Gasteiger partial charge on any atom is -0.447 e. The van der Waals surface area contributed by atoms with E-state index in [-0.39, 0.29) is 29.4 Å². The van der Waals surface area contributed by atoms with Crippen LogP contribution in [0, 0.1) is 5.82 Å². The van der Waals surface area contributed by atoms with Crippen LogP contribution in [-0.2, 0) is 16.6 Å². The maximum atomic E-state index is 13.6. The Kier molecular flexibility index (Phi) is 6.77. The van der Waals surface area contributed by atoms with Gasteiger partial charge < -0.3 is 9.73 Å². The van der Waals surface area contributed by atoms with Crippen LogP contribution in [0.4, 0.5) is 4.39 Å². The standard InChI is InChI=1S/C19H24FN3O3S.ClH/c20-16-5-3-4-15(12-16)18-13-21-8-11-22(18)14-17-6-7-19(26-17)27(24,25)23-9-1-2-10-23;/h3-7,12,18,21H,1-2,8-11,13-14H2;1H. The molecule has 1 aromatic heterocycles. The number of nitrogens with zero attached hydrogens (tertiary/aromatic N) is 2. The van der Waals surface area contributed by atoms with Gasteiger partial charge in [-0.2, -0.15) is 4.31 Å². The lowest BCUT2D eigenvalue weighted by Crippen LogP contribution is -2.45. The van der Waals surface area contributed by atoms with Crippen molar-refractivity contribution in [3.8, 4) is 0 Å². The molecule has 1 aromatic carbocycles. The summed E-state index contributed by atoms with van der Waals surface area (Å²) in [5.41, 5.74) is 0.902. The van der Waals surface area contributed by atoms with E-state index in [1.165, 1.54) is 10.4 Å². The number of piperazine rings is 1. The Hall–Kier alpha value is -1.45. The molecule has 2 fully saturated rings.